The summed E-state index contributed by atoms with van der Waals surface area (Å²) >= 11 is 0. The molecule has 0 spiro atoms. The number of benzene rings is 1. The molecule has 0 bridgehead atoms. The first-order chi connectivity index (χ1) is 13.7. The van der Waals surface area contributed by atoms with Gasteiger partial charge in [-0.1, -0.05) is 38.3 Å². The van der Waals surface area contributed by atoms with Gasteiger partial charge >= 0.3 is 7.82 Å². The average Bonchev–Trinajstić information content (AvgIpc) is 3.07. The third-order valence-electron chi connectivity index (χ3n) is 6.21. The first-order valence-corrected chi connectivity index (χ1v) is 12.1. The van der Waals surface area contributed by atoms with Crippen molar-refractivity contribution in [2.24, 2.45) is 5.73 Å². The Morgan fingerprint density at radius 3 is 2.83 bits per heavy atom. The van der Waals surface area contributed by atoms with Crippen molar-refractivity contribution >= 4 is 13.7 Å². The van der Waals surface area contributed by atoms with E-state index in [1.165, 1.54) is 19.3 Å². The second kappa shape index (κ2) is 9.27. The van der Waals surface area contributed by atoms with Crippen LogP contribution in [0.5, 0.6) is 0 Å². The molecule has 0 radical (unpaired) electrons. The van der Waals surface area contributed by atoms with Crippen LogP contribution >= 0.6 is 7.82 Å². The Kier molecular flexibility index (Phi) is 7.18. The summed E-state index contributed by atoms with van der Waals surface area (Å²) in [4.78, 5) is 32.6. The summed E-state index contributed by atoms with van der Waals surface area (Å²) in [5, 5.41) is 0. The fourth-order valence-electron chi connectivity index (χ4n) is 4.54. The number of phosphoric acid groups is 1. The van der Waals surface area contributed by atoms with E-state index in [0.29, 0.717) is 12.8 Å². The molecule has 1 heterocycles. The lowest BCUT2D eigenvalue weighted by molar-refractivity contribution is 0.0736. The summed E-state index contributed by atoms with van der Waals surface area (Å²) in [5.74, 6) is 0.344. The third kappa shape index (κ3) is 5.89. The summed E-state index contributed by atoms with van der Waals surface area (Å²) in [6.45, 7) is 3.63. The third-order valence-corrected chi connectivity index (χ3v) is 6.68. The van der Waals surface area contributed by atoms with Crippen molar-refractivity contribution in [1.82, 2.24) is 4.90 Å². The van der Waals surface area contributed by atoms with E-state index >= 15 is 0 Å². The number of hydrogen-bond acceptors (Lipinski definition) is 4. The van der Waals surface area contributed by atoms with E-state index in [1.54, 1.807) is 0 Å². The number of nitrogens with two attached hydrogens (primary N) is 1. The van der Waals surface area contributed by atoms with E-state index in [-0.39, 0.29) is 18.4 Å². The van der Waals surface area contributed by atoms with Crippen LogP contribution in [0.2, 0.25) is 0 Å². The van der Waals surface area contributed by atoms with Crippen molar-refractivity contribution < 1.29 is 23.7 Å². The zero-order valence-corrected chi connectivity index (χ0v) is 18.1. The molecule has 0 aromatic heterocycles. The summed E-state index contributed by atoms with van der Waals surface area (Å²) in [6, 6.07) is 6.08. The largest absolute Gasteiger partial charge is 0.469 e. The van der Waals surface area contributed by atoms with Gasteiger partial charge in [0.2, 0.25) is 0 Å². The monoisotopic (exact) mass is 424 g/mol. The number of unbranched alkanes of at least 4 members (excludes halogenated alkanes) is 3. The van der Waals surface area contributed by atoms with Gasteiger partial charge in [0.25, 0.3) is 5.91 Å². The highest BCUT2D eigenvalue weighted by molar-refractivity contribution is 7.46. The molecular formula is C21H33N2O5P. The lowest BCUT2D eigenvalue weighted by Crippen LogP contribution is -2.41. The van der Waals surface area contributed by atoms with E-state index in [9.17, 15) is 9.36 Å². The Bertz CT molecular complexity index is 780. The highest BCUT2D eigenvalue weighted by Crippen LogP contribution is 2.44. The highest BCUT2D eigenvalue weighted by atomic mass is 31.2. The number of amides is 1. The standard InChI is InChI=1S/C21H33N2O5P/c1-2-3-4-5-11-23-12-9-17-13-16(6-7-19(17)20(23)24)18-8-10-21(22,14-18)15-28-29(25,26)27/h6-7,13,18H,2-5,8-12,14-15,22H2,1H3,(H2,25,26,27)/t18-,21-/m1/s1. The zero-order valence-electron chi connectivity index (χ0n) is 17.2. The van der Waals surface area contributed by atoms with Crippen LogP contribution in [0.1, 0.15) is 79.3 Å². The molecule has 1 aliphatic heterocycles. The van der Waals surface area contributed by atoms with Crippen molar-refractivity contribution in [2.45, 2.75) is 69.7 Å². The molecule has 4 N–H and O–H groups in total. The lowest BCUT2D eigenvalue weighted by Gasteiger charge is -2.29. The van der Waals surface area contributed by atoms with Gasteiger partial charge in [-0.2, -0.15) is 0 Å². The fraction of sp³-hybridized carbons (Fsp3) is 0.667. The minimum atomic E-state index is -4.52. The van der Waals surface area contributed by atoms with E-state index < -0.39 is 13.4 Å². The molecule has 162 valence electrons. The van der Waals surface area contributed by atoms with Gasteiger partial charge < -0.3 is 20.4 Å². The first kappa shape index (κ1) is 22.4. The van der Waals surface area contributed by atoms with Gasteiger partial charge in [-0.25, -0.2) is 4.57 Å². The quantitative estimate of drug-likeness (QED) is 0.414. The van der Waals surface area contributed by atoms with Gasteiger partial charge in [0.05, 0.1) is 6.61 Å². The molecule has 1 fully saturated rings. The Morgan fingerprint density at radius 2 is 2.10 bits per heavy atom. The number of phosphoric ester groups is 1. The molecule has 1 amide bonds. The predicted molar refractivity (Wildman–Crippen MR) is 112 cm³/mol. The van der Waals surface area contributed by atoms with E-state index in [4.69, 9.17) is 15.5 Å². The van der Waals surface area contributed by atoms with Crippen molar-refractivity contribution in [3.05, 3.63) is 34.9 Å². The molecule has 1 aromatic carbocycles. The van der Waals surface area contributed by atoms with Crippen molar-refractivity contribution in [3.63, 3.8) is 0 Å². The number of rotatable bonds is 9. The first-order valence-electron chi connectivity index (χ1n) is 10.6. The van der Waals surface area contributed by atoms with E-state index in [1.807, 2.05) is 17.0 Å². The summed E-state index contributed by atoms with van der Waals surface area (Å²) in [6.07, 6.45) is 7.61. The molecule has 1 aromatic rings. The number of carbonyl (C=O) groups excluding carboxylic acids is 1. The molecule has 0 saturated heterocycles. The van der Waals surface area contributed by atoms with Crippen LogP contribution in [0.3, 0.4) is 0 Å². The smallest absolute Gasteiger partial charge is 0.338 e. The number of carbonyl (C=O) groups is 1. The molecule has 1 saturated carbocycles. The molecule has 2 atom stereocenters. The van der Waals surface area contributed by atoms with Gasteiger partial charge in [-0.05, 0) is 55.2 Å². The number of nitrogens with zero attached hydrogens (tertiary/aromatic N) is 1. The maximum Gasteiger partial charge on any atom is 0.469 e. The Balaban J connectivity index is 1.62. The molecular weight excluding hydrogens is 391 g/mol. The molecule has 8 heteroatoms. The van der Waals surface area contributed by atoms with Crippen LogP contribution < -0.4 is 5.73 Å². The van der Waals surface area contributed by atoms with Crippen LogP contribution in [0.25, 0.3) is 0 Å². The maximum absolute atomic E-state index is 12.8. The number of fused-ring (bicyclic) bond motifs is 1. The van der Waals surface area contributed by atoms with Gasteiger partial charge in [-0.15, -0.1) is 0 Å². The van der Waals surface area contributed by atoms with Crippen LogP contribution in [-0.4, -0.2) is 45.8 Å². The van der Waals surface area contributed by atoms with Crippen LogP contribution in [0.15, 0.2) is 18.2 Å². The van der Waals surface area contributed by atoms with Crippen molar-refractivity contribution in [3.8, 4) is 0 Å². The maximum atomic E-state index is 12.8. The Hall–Kier alpha value is -1.24. The van der Waals surface area contributed by atoms with Crippen molar-refractivity contribution in [1.29, 1.82) is 0 Å². The van der Waals surface area contributed by atoms with Gasteiger partial charge in [0, 0.05) is 24.2 Å². The van der Waals surface area contributed by atoms with Crippen molar-refractivity contribution in [2.75, 3.05) is 19.7 Å². The average molecular weight is 424 g/mol. The predicted octanol–water partition coefficient (Wildman–Crippen LogP) is 3.34. The van der Waals surface area contributed by atoms with E-state index in [0.717, 1.165) is 49.0 Å². The fourth-order valence-corrected chi connectivity index (χ4v) is 4.96. The lowest BCUT2D eigenvalue weighted by atomic mass is 9.89. The number of hydrogen-bond donors (Lipinski definition) is 3. The molecule has 3 rings (SSSR count). The van der Waals surface area contributed by atoms with Gasteiger partial charge in [0.15, 0.2) is 0 Å². The second-order valence-corrected chi connectivity index (χ2v) is 9.82. The zero-order chi connectivity index (χ0) is 21.1. The molecule has 1 aliphatic carbocycles. The molecule has 2 aliphatic rings. The summed E-state index contributed by atoms with van der Waals surface area (Å²) in [7, 11) is -4.52. The molecule has 29 heavy (non-hydrogen) atoms. The van der Waals surface area contributed by atoms with Gasteiger partial charge in [0.1, 0.15) is 0 Å². The summed E-state index contributed by atoms with van der Waals surface area (Å²) < 4.78 is 15.6. The van der Waals surface area contributed by atoms with Crippen LogP contribution in [0.4, 0.5) is 0 Å². The Morgan fingerprint density at radius 1 is 1.31 bits per heavy atom. The Labute approximate surface area is 172 Å². The second-order valence-electron chi connectivity index (χ2n) is 8.59. The summed E-state index contributed by atoms with van der Waals surface area (Å²) in [5.41, 5.74) is 8.63. The van der Waals surface area contributed by atoms with Crippen LogP contribution in [0, 0.1) is 0 Å². The SMILES string of the molecule is CCCCCCN1CCc2cc([C@@H]3CC[C@](N)(COP(=O)(O)O)C3)ccc2C1=O. The topological polar surface area (TPSA) is 113 Å². The molecule has 7 nitrogen and oxygen atoms in total. The highest BCUT2D eigenvalue weighted by Gasteiger charge is 2.38. The molecule has 0 unspecified atom stereocenters. The minimum Gasteiger partial charge on any atom is -0.338 e. The van der Waals surface area contributed by atoms with Crippen LogP contribution in [-0.2, 0) is 15.5 Å². The van der Waals surface area contributed by atoms with Gasteiger partial charge in [-0.3, -0.25) is 9.32 Å². The minimum absolute atomic E-state index is 0.129. The normalized spacial score (nSPS) is 24.8. The van der Waals surface area contributed by atoms with E-state index in [2.05, 4.69) is 17.5 Å².